The molecule has 0 unspecified atom stereocenters. The quantitative estimate of drug-likeness (QED) is 0.911. The van der Waals surface area contributed by atoms with Crippen LogP contribution in [0, 0.1) is 5.82 Å². The maximum atomic E-state index is 12.9. The zero-order valence-corrected chi connectivity index (χ0v) is 10.4. The Labute approximate surface area is 110 Å². The summed E-state index contributed by atoms with van der Waals surface area (Å²) in [6.45, 7) is 2.82. The van der Waals surface area contributed by atoms with Crippen LogP contribution in [0.3, 0.4) is 0 Å². The van der Waals surface area contributed by atoms with Crippen LogP contribution in [0.4, 0.5) is 4.39 Å². The topological polar surface area (TPSA) is 54.0 Å². The van der Waals surface area contributed by atoms with E-state index in [0.717, 1.165) is 17.9 Å². The Hall–Kier alpha value is -1.79. The molecule has 1 aliphatic heterocycles. The van der Waals surface area contributed by atoms with Gasteiger partial charge in [-0.05, 0) is 18.2 Å². The van der Waals surface area contributed by atoms with E-state index < -0.39 is 0 Å². The molecule has 3 rings (SSSR count). The number of rotatable bonds is 3. The van der Waals surface area contributed by atoms with Crippen molar-refractivity contribution in [3.8, 4) is 0 Å². The molecular formula is C13H15FN4O. The van der Waals surface area contributed by atoms with E-state index in [1.807, 2.05) is 6.07 Å². The van der Waals surface area contributed by atoms with Gasteiger partial charge in [0.25, 0.3) is 0 Å². The summed E-state index contributed by atoms with van der Waals surface area (Å²) in [5.74, 6) is -0.309. The van der Waals surface area contributed by atoms with Crippen LogP contribution in [0.2, 0.25) is 0 Å². The number of aromatic nitrogens is 3. The Kier molecular flexibility index (Phi) is 3.52. The van der Waals surface area contributed by atoms with Gasteiger partial charge in [0, 0.05) is 19.3 Å². The third-order valence-electron chi connectivity index (χ3n) is 3.27. The van der Waals surface area contributed by atoms with Gasteiger partial charge < -0.3 is 4.74 Å². The molecule has 2 aromatic heterocycles. The molecule has 6 heteroatoms. The zero-order valence-electron chi connectivity index (χ0n) is 10.4. The average molecular weight is 262 g/mol. The summed E-state index contributed by atoms with van der Waals surface area (Å²) in [4.78, 5) is 6.37. The zero-order chi connectivity index (χ0) is 13.1. The number of halogens is 1. The van der Waals surface area contributed by atoms with Gasteiger partial charge in [0.1, 0.15) is 5.82 Å². The van der Waals surface area contributed by atoms with Crippen LogP contribution in [-0.2, 0) is 11.3 Å². The van der Waals surface area contributed by atoms with Crippen molar-refractivity contribution in [3.05, 3.63) is 47.8 Å². The van der Waals surface area contributed by atoms with Gasteiger partial charge in [0.15, 0.2) is 0 Å². The molecule has 0 bridgehead atoms. The number of hydrogen-bond acceptors (Lipinski definition) is 4. The van der Waals surface area contributed by atoms with Gasteiger partial charge in [-0.25, -0.2) is 4.39 Å². The second-order valence-electron chi connectivity index (χ2n) is 4.54. The second-order valence-corrected chi connectivity index (χ2v) is 4.54. The highest BCUT2D eigenvalue weighted by atomic mass is 19.1. The molecule has 0 spiro atoms. The predicted octanol–water partition coefficient (Wildman–Crippen LogP) is 1.52. The maximum absolute atomic E-state index is 12.9. The molecule has 5 nitrogen and oxygen atoms in total. The van der Waals surface area contributed by atoms with Crippen molar-refractivity contribution in [1.29, 1.82) is 0 Å². The summed E-state index contributed by atoms with van der Waals surface area (Å²) in [5.41, 5.74) is 1.88. The van der Waals surface area contributed by atoms with Crippen molar-refractivity contribution >= 4 is 0 Å². The molecule has 1 saturated heterocycles. The first-order chi connectivity index (χ1) is 9.33. The van der Waals surface area contributed by atoms with E-state index >= 15 is 0 Å². The normalized spacial score (nSPS) is 20.6. The number of pyridine rings is 1. The summed E-state index contributed by atoms with van der Waals surface area (Å²) >= 11 is 0. The first kappa shape index (κ1) is 12.3. The highest BCUT2D eigenvalue weighted by Crippen LogP contribution is 2.23. The van der Waals surface area contributed by atoms with Gasteiger partial charge in [-0.3, -0.25) is 15.0 Å². The SMILES string of the molecule is Fc1ccc(CN2CCOC[C@H]2c2ccn[nH]2)nc1. The molecule has 2 aromatic rings. The van der Waals surface area contributed by atoms with Crippen molar-refractivity contribution in [2.45, 2.75) is 12.6 Å². The Balaban J connectivity index is 1.75. The Morgan fingerprint density at radius 3 is 3.11 bits per heavy atom. The highest BCUT2D eigenvalue weighted by Gasteiger charge is 2.25. The summed E-state index contributed by atoms with van der Waals surface area (Å²) in [5, 5.41) is 6.96. The van der Waals surface area contributed by atoms with Gasteiger partial charge in [-0.1, -0.05) is 0 Å². The molecular weight excluding hydrogens is 247 g/mol. The van der Waals surface area contributed by atoms with E-state index in [9.17, 15) is 4.39 Å². The van der Waals surface area contributed by atoms with Crippen molar-refractivity contribution in [1.82, 2.24) is 20.1 Å². The average Bonchev–Trinajstić information content (AvgIpc) is 2.96. The minimum absolute atomic E-state index is 0.142. The van der Waals surface area contributed by atoms with E-state index in [0.29, 0.717) is 19.8 Å². The molecule has 0 aromatic carbocycles. The lowest BCUT2D eigenvalue weighted by atomic mass is 10.1. The van der Waals surface area contributed by atoms with Gasteiger partial charge in [0.2, 0.25) is 0 Å². The summed E-state index contributed by atoms with van der Waals surface area (Å²) < 4.78 is 18.4. The lowest BCUT2D eigenvalue weighted by molar-refractivity contribution is -0.0148. The van der Waals surface area contributed by atoms with Crippen molar-refractivity contribution < 1.29 is 9.13 Å². The molecule has 0 radical (unpaired) electrons. The second kappa shape index (κ2) is 5.46. The number of ether oxygens (including phenoxy) is 1. The summed E-state index contributed by atoms with van der Waals surface area (Å²) in [6.07, 6.45) is 2.99. The smallest absolute Gasteiger partial charge is 0.141 e. The summed E-state index contributed by atoms with van der Waals surface area (Å²) in [6, 6.07) is 5.25. The first-order valence-electron chi connectivity index (χ1n) is 6.24. The number of hydrogen-bond donors (Lipinski definition) is 1. The number of nitrogens with one attached hydrogen (secondary N) is 1. The minimum atomic E-state index is -0.309. The third kappa shape index (κ3) is 2.80. The first-order valence-corrected chi connectivity index (χ1v) is 6.24. The third-order valence-corrected chi connectivity index (χ3v) is 3.27. The maximum Gasteiger partial charge on any atom is 0.141 e. The van der Waals surface area contributed by atoms with Crippen LogP contribution in [0.15, 0.2) is 30.6 Å². The lowest BCUT2D eigenvalue weighted by Gasteiger charge is -2.34. The fraction of sp³-hybridized carbons (Fsp3) is 0.385. The Bertz CT molecular complexity index is 514. The Morgan fingerprint density at radius 2 is 2.37 bits per heavy atom. The van der Waals surface area contributed by atoms with Crippen LogP contribution in [0.5, 0.6) is 0 Å². The van der Waals surface area contributed by atoms with E-state index in [1.165, 1.54) is 12.3 Å². The number of aromatic amines is 1. The highest BCUT2D eigenvalue weighted by molar-refractivity contribution is 5.09. The van der Waals surface area contributed by atoms with Gasteiger partial charge in [-0.15, -0.1) is 0 Å². The molecule has 1 atom stereocenters. The molecule has 0 aliphatic carbocycles. The number of nitrogens with zero attached hydrogens (tertiary/aromatic N) is 3. The van der Waals surface area contributed by atoms with Crippen molar-refractivity contribution in [3.63, 3.8) is 0 Å². The van der Waals surface area contributed by atoms with Crippen LogP contribution in [0.1, 0.15) is 17.4 Å². The Morgan fingerprint density at radius 1 is 1.42 bits per heavy atom. The summed E-state index contributed by atoms with van der Waals surface area (Å²) in [7, 11) is 0. The monoisotopic (exact) mass is 262 g/mol. The van der Waals surface area contributed by atoms with E-state index in [1.54, 1.807) is 12.3 Å². The van der Waals surface area contributed by atoms with Gasteiger partial charge in [0.05, 0.1) is 36.8 Å². The van der Waals surface area contributed by atoms with Crippen LogP contribution < -0.4 is 0 Å². The van der Waals surface area contributed by atoms with Crippen LogP contribution >= 0.6 is 0 Å². The molecule has 3 heterocycles. The van der Waals surface area contributed by atoms with Gasteiger partial charge in [-0.2, -0.15) is 5.10 Å². The largest absolute Gasteiger partial charge is 0.378 e. The fourth-order valence-electron chi connectivity index (χ4n) is 2.27. The molecule has 1 N–H and O–H groups in total. The van der Waals surface area contributed by atoms with Crippen LogP contribution in [0.25, 0.3) is 0 Å². The lowest BCUT2D eigenvalue weighted by Crippen LogP contribution is -2.39. The minimum Gasteiger partial charge on any atom is -0.378 e. The van der Waals surface area contributed by atoms with E-state index in [2.05, 4.69) is 20.1 Å². The van der Waals surface area contributed by atoms with Gasteiger partial charge >= 0.3 is 0 Å². The standard InChI is InChI=1S/C13H15FN4O/c14-10-1-2-11(15-7-10)8-18-5-6-19-9-13(18)12-3-4-16-17-12/h1-4,7,13H,5-6,8-9H2,(H,16,17)/t13-/m0/s1. The van der Waals surface area contributed by atoms with Crippen LogP contribution in [-0.4, -0.2) is 39.8 Å². The molecule has 1 fully saturated rings. The predicted molar refractivity (Wildman–Crippen MR) is 66.8 cm³/mol. The number of H-pyrrole nitrogens is 1. The van der Waals surface area contributed by atoms with Crippen molar-refractivity contribution in [2.24, 2.45) is 0 Å². The molecule has 1 aliphatic rings. The number of morpholine rings is 1. The molecule has 0 saturated carbocycles. The molecule has 19 heavy (non-hydrogen) atoms. The van der Waals surface area contributed by atoms with E-state index in [-0.39, 0.29) is 11.9 Å². The molecule has 100 valence electrons. The fourth-order valence-corrected chi connectivity index (χ4v) is 2.27. The van der Waals surface area contributed by atoms with E-state index in [4.69, 9.17) is 4.74 Å². The van der Waals surface area contributed by atoms with Crippen molar-refractivity contribution in [2.75, 3.05) is 19.8 Å². The molecule has 0 amide bonds.